The number of aromatic nitrogens is 2. The van der Waals surface area contributed by atoms with Gasteiger partial charge in [0.15, 0.2) is 11.7 Å². The summed E-state index contributed by atoms with van der Waals surface area (Å²) in [6.07, 6.45) is 2.69. The summed E-state index contributed by atoms with van der Waals surface area (Å²) in [4.78, 5) is 18.1. The SMILES string of the molecule is O=C(O)CCc1ncc(-c2ccc(F)cn2)o1. The Morgan fingerprint density at radius 1 is 1.35 bits per heavy atom. The van der Waals surface area contributed by atoms with Crippen molar-refractivity contribution in [3.8, 4) is 11.5 Å². The summed E-state index contributed by atoms with van der Waals surface area (Å²) in [6, 6.07) is 2.73. The highest BCUT2D eigenvalue weighted by molar-refractivity contribution is 5.66. The number of aryl methyl sites for hydroxylation is 1. The van der Waals surface area contributed by atoms with Crippen molar-refractivity contribution >= 4 is 5.97 Å². The Morgan fingerprint density at radius 3 is 2.82 bits per heavy atom. The smallest absolute Gasteiger partial charge is 0.303 e. The highest BCUT2D eigenvalue weighted by Gasteiger charge is 2.09. The lowest BCUT2D eigenvalue weighted by Gasteiger charge is -1.94. The highest BCUT2D eigenvalue weighted by atomic mass is 19.1. The predicted octanol–water partition coefficient (Wildman–Crippen LogP) is 1.89. The molecule has 0 saturated heterocycles. The molecule has 17 heavy (non-hydrogen) atoms. The van der Waals surface area contributed by atoms with Gasteiger partial charge in [-0.3, -0.25) is 4.79 Å². The van der Waals surface area contributed by atoms with Gasteiger partial charge in [-0.15, -0.1) is 0 Å². The van der Waals surface area contributed by atoms with Gasteiger partial charge in [-0.05, 0) is 12.1 Å². The molecule has 0 bridgehead atoms. The van der Waals surface area contributed by atoms with Crippen LogP contribution in [0.2, 0.25) is 0 Å². The van der Waals surface area contributed by atoms with Crippen LogP contribution in [0.15, 0.2) is 28.9 Å². The molecule has 0 aliphatic heterocycles. The van der Waals surface area contributed by atoms with Crippen LogP contribution in [0.5, 0.6) is 0 Å². The number of pyridine rings is 1. The topological polar surface area (TPSA) is 76.2 Å². The number of carboxylic acids is 1. The van der Waals surface area contributed by atoms with Gasteiger partial charge in [0.2, 0.25) is 0 Å². The first kappa shape index (κ1) is 11.3. The average molecular weight is 236 g/mol. The number of halogens is 1. The van der Waals surface area contributed by atoms with E-state index in [-0.39, 0.29) is 12.8 Å². The van der Waals surface area contributed by atoms with E-state index in [0.29, 0.717) is 17.3 Å². The van der Waals surface area contributed by atoms with Crippen LogP contribution in [0.4, 0.5) is 4.39 Å². The van der Waals surface area contributed by atoms with Crippen molar-refractivity contribution < 1.29 is 18.7 Å². The van der Waals surface area contributed by atoms with Crippen LogP contribution in [0, 0.1) is 5.82 Å². The number of nitrogens with zero attached hydrogens (tertiary/aromatic N) is 2. The molecule has 0 radical (unpaired) electrons. The maximum atomic E-state index is 12.6. The summed E-state index contributed by atoms with van der Waals surface area (Å²) in [6.45, 7) is 0. The van der Waals surface area contributed by atoms with Crippen LogP contribution in [0.3, 0.4) is 0 Å². The zero-order valence-electron chi connectivity index (χ0n) is 8.76. The number of carbonyl (C=O) groups is 1. The van der Waals surface area contributed by atoms with Crippen LogP contribution in [-0.2, 0) is 11.2 Å². The molecule has 6 heteroatoms. The molecule has 5 nitrogen and oxygen atoms in total. The molecule has 88 valence electrons. The van der Waals surface area contributed by atoms with Crippen molar-refractivity contribution in [1.82, 2.24) is 9.97 Å². The van der Waals surface area contributed by atoms with E-state index < -0.39 is 11.8 Å². The van der Waals surface area contributed by atoms with Gasteiger partial charge in [-0.25, -0.2) is 14.4 Å². The van der Waals surface area contributed by atoms with E-state index in [1.807, 2.05) is 0 Å². The molecular weight excluding hydrogens is 227 g/mol. The zero-order valence-corrected chi connectivity index (χ0v) is 8.76. The Balaban J connectivity index is 2.12. The van der Waals surface area contributed by atoms with Gasteiger partial charge in [0.25, 0.3) is 0 Å². The first-order valence-corrected chi connectivity index (χ1v) is 4.93. The van der Waals surface area contributed by atoms with Gasteiger partial charge in [-0.2, -0.15) is 0 Å². The summed E-state index contributed by atoms with van der Waals surface area (Å²) in [7, 11) is 0. The van der Waals surface area contributed by atoms with Crippen molar-refractivity contribution in [3.05, 3.63) is 36.2 Å². The molecule has 2 heterocycles. The number of rotatable bonds is 4. The van der Waals surface area contributed by atoms with Crippen molar-refractivity contribution in [3.63, 3.8) is 0 Å². The maximum Gasteiger partial charge on any atom is 0.303 e. The van der Waals surface area contributed by atoms with Gasteiger partial charge in [-0.1, -0.05) is 0 Å². The third-order valence-corrected chi connectivity index (χ3v) is 2.09. The molecule has 2 rings (SSSR count). The van der Waals surface area contributed by atoms with Crippen molar-refractivity contribution in [2.24, 2.45) is 0 Å². The fraction of sp³-hybridized carbons (Fsp3) is 0.182. The minimum absolute atomic E-state index is 0.0448. The van der Waals surface area contributed by atoms with Crippen LogP contribution in [0.25, 0.3) is 11.5 Å². The summed E-state index contributed by atoms with van der Waals surface area (Å²) in [5.41, 5.74) is 0.459. The first-order valence-electron chi connectivity index (χ1n) is 4.93. The van der Waals surface area contributed by atoms with Gasteiger partial charge in [0.05, 0.1) is 18.8 Å². The Labute approximate surface area is 95.9 Å². The molecule has 2 aromatic rings. The van der Waals surface area contributed by atoms with Crippen LogP contribution >= 0.6 is 0 Å². The molecule has 0 aliphatic rings. The lowest BCUT2D eigenvalue weighted by Crippen LogP contribution is -1.97. The number of hydrogen-bond donors (Lipinski definition) is 1. The van der Waals surface area contributed by atoms with E-state index in [2.05, 4.69) is 9.97 Å². The second-order valence-electron chi connectivity index (χ2n) is 3.37. The summed E-state index contributed by atoms with van der Waals surface area (Å²) in [5, 5.41) is 8.51. The van der Waals surface area contributed by atoms with Crippen molar-refractivity contribution in [2.45, 2.75) is 12.8 Å². The molecule has 0 aliphatic carbocycles. The standard InChI is InChI=1S/C11H9FN2O3/c12-7-1-2-8(13-5-7)9-6-14-10(17-9)3-4-11(15)16/h1-2,5-6H,3-4H2,(H,15,16). The zero-order chi connectivity index (χ0) is 12.3. The molecule has 0 spiro atoms. The second-order valence-corrected chi connectivity index (χ2v) is 3.37. The molecule has 0 amide bonds. The van der Waals surface area contributed by atoms with Crippen molar-refractivity contribution in [1.29, 1.82) is 0 Å². The molecule has 2 aromatic heterocycles. The molecule has 0 aromatic carbocycles. The Morgan fingerprint density at radius 2 is 2.18 bits per heavy atom. The van der Waals surface area contributed by atoms with Crippen LogP contribution in [-0.4, -0.2) is 21.0 Å². The molecule has 0 fully saturated rings. The van der Waals surface area contributed by atoms with E-state index in [1.165, 1.54) is 18.3 Å². The molecule has 1 N–H and O–H groups in total. The molecule has 0 saturated carbocycles. The molecule has 0 unspecified atom stereocenters. The fourth-order valence-corrected chi connectivity index (χ4v) is 1.28. The van der Waals surface area contributed by atoms with E-state index in [1.54, 1.807) is 0 Å². The minimum atomic E-state index is -0.912. The van der Waals surface area contributed by atoms with E-state index in [0.717, 1.165) is 6.20 Å². The Kier molecular flexibility index (Phi) is 3.13. The Hall–Kier alpha value is -2.24. The lowest BCUT2D eigenvalue weighted by atomic mass is 10.3. The van der Waals surface area contributed by atoms with E-state index in [9.17, 15) is 9.18 Å². The van der Waals surface area contributed by atoms with Gasteiger partial charge in [0, 0.05) is 6.42 Å². The van der Waals surface area contributed by atoms with Crippen LogP contribution in [0.1, 0.15) is 12.3 Å². The minimum Gasteiger partial charge on any atom is -0.481 e. The predicted molar refractivity (Wildman–Crippen MR) is 55.6 cm³/mol. The lowest BCUT2D eigenvalue weighted by molar-refractivity contribution is -0.137. The average Bonchev–Trinajstić information content (AvgIpc) is 2.76. The number of aliphatic carboxylic acids is 1. The summed E-state index contributed by atoms with van der Waals surface area (Å²) in [5.74, 6) is -0.622. The van der Waals surface area contributed by atoms with Crippen molar-refractivity contribution in [2.75, 3.05) is 0 Å². The monoisotopic (exact) mass is 236 g/mol. The summed E-state index contributed by atoms with van der Waals surface area (Å²) < 4.78 is 17.9. The Bertz CT molecular complexity index is 522. The first-order chi connectivity index (χ1) is 8.15. The highest BCUT2D eigenvalue weighted by Crippen LogP contribution is 2.18. The number of carboxylic acid groups (broad SMARTS) is 1. The quantitative estimate of drug-likeness (QED) is 0.877. The number of hydrogen-bond acceptors (Lipinski definition) is 4. The van der Waals surface area contributed by atoms with E-state index in [4.69, 9.17) is 9.52 Å². The van der Waals surface area contributed by atoms with Gasteiger partial charge < -0.3 is 9.52 Å². The van der Waals surface area contributed by atoms with Crippen LogP contribution < -0.4 is 0 Å². The third-order valence-electron chi connectivity index (χ3n) is 2.09. The molecular formula is C11H9FN2O3. The second kappa shape index (κ2) is 4.73. The van der Waals surface area contributed by atoms with Gasteiger partial charge >= 0.3 is 5.97 Å². The summed E-state index contributed by atoms with van der Waals surface area (Å²) >= 11 is 0. The normalized spacial score (nSPS) is 10.4. The maximum absolute atomic E-state index is 12.6. The largest absolute Gasteiger partial charge is 0.481 e. The third kappa shape index (κ3) is 2.87. The van der Waals surface area contributed by atoms with Gasteiger partial charge in [0.1, 0.15) is 11.5 Å². The fourth-order valence-electron chi connectivity index (χ4n) is 1.28. The number of oxazole rings is 1. The van der Waals surface area contributed by atoms with E-state index >= 15 is 0 Å². The molecule has 0 atom stereocenters.